The monoisotopic (exact) mass is 399 g/mol. The number of benzene rings is 3. The Bertz CT molecular complexity index is 993. The lowest BCUT2D eigenvalue weighted by Gasteiger charge is -2.11. The summed E-state index contributed by atoms with van der Waals surface area (Å²) < 4.78 is 5.22. The van der Waals surface area contributed by atoms with E-state index in [0.29, 0.717) is 23.4 Å². The molecule has 0 bridgehead atoms. The first-order chi connectivity index (χ1) is 14.7. The molecule has 0 saturated heterocycles. The maximum Gasteiger partial charge on any atom is 0.338 e. The summed E-state index contributed by atoms with van der Waals surface area (Å²) in [6, 6.07) is 26.0. The van der Waals surface area contributed by atoms with Crippen LogP contribution in [-0.2, 0) is 9.53 Å². The summed E-state index contributed by atoms with van der Waals surface area (Å²) in [7, 11) is 0. The number of carbonyl (C=O) groups is 2. The first-order valence-electron chi connectivity index (χ1n) is 10.1. The number of carbonyl (C=O) groups excluding carboxylic acids is 2. The van der Waals surface area contributed by atoms with Crippen LogP contribution in [0.15, 0.2) is 84.9 Å². The predicted molar refractivity (Wildman–Crippen MR) is 121 cm³/mol. The Labute approximate surface area is 177 Å². The highest BCUT2D eigenvalue weighted by Gasteiger charge is 2.13. The minimum absolute atomic E-state index is 0.219. The van der Waals surface area contributed by atoms with Gasteiger partial charge in [-0.05, 0) is 47.9 Å². The fraction of sp³-hybridized carbons (Fsp3) is 0.154. The Morgan fingerprint density at radius 2 is 1.47 bits per heavy atom. The Morgan fingerprint density at radius 1 is 0.833 bits per heavy atom. The van der Waals surface area contributed by atoms with Crippen molar-refractivity contribution >= 4 is 29.2 Å². The van der Waals surface area contributed by atoms with Gasteiger partial charge < -0.3 is 10.1 Å². The van der Waals surface area contributed by atoms with Gasteiger partial charge in [-0.2, -0.15) is 0 Å². The van der Waals surface area contributed by atoms with Gasteiger partial charge in [-0.1, -0.05) is 74.0 Å². The second-order valence-electron chi connectivity index (χ2n) is 6.86. The first-order valence-corrected chi connectivity index (χ1v) is 10.1. The number of ether oxygens (including phenoxy) is 1. The summed E-state index contributed by atoms with van der Waals surface area (Å²) in [5.74, 6) is -0.571. The largest absolute Gasteiger partial charge is 0.462 e. The van der Waals surface area contributed by atoms with E-state index in [1.54, 1.807) is 24.3 Å². The van der Waals surface area contributed by atoms with E-state index in [0.717, 1.165) is 24.0 Å². The fourth-order valence-electron chi connectivity index (χ4n) is 2.89. The Morgan fingerprint density at radius 3 is 2.10 bits per heavy atom. The van der Waals surface area contributed by atoms with E-state index in [4.69, 9.17) is 4.74 Å². The zero-order chi connectivity index (χ0) is 21.2. The van der Waals surface area contributed by atoms with Gasteiger partial charge in [-0.3, -0.25) is 4.79 Å². The number of esters is 1. The predicted octanol–water partition coefficient (Wildman–Crippen LogP) is 5.82. The van der Waals surface area contributed by atoms with Crippen molar-refractivity contribution in [1.82, 2.24) is 0 Å². The van der Waals surface area contributed by atoms with Gasteiger partial charge in [0.2, 0.25) is 0 Å². The molecule has 0 aliphatic carbocycles. The van der Waals surface area contributed by atoms with Gasteiger partial charge in [-0.25, -0.2) is 4.79 Å². The molecule has 3 rings (SSSR count). The van der Waals surface area contributed by atoms with E-state index >= 15 is 0 Å². The molecule has 0 spiro atoms. The Kier molecular flexibility index (Phi) is 7.56. The number of unbranched alkanes of at least 4 members (excludes halogenated alkanes) is 1. The molecular formula is C26H25NO3. The summed E-state index contributed by atoms with van der Waals surface area (Å²) >= 11 is 0. The number of nitrogens with one attached hydrogen (secondary N) is 1. The van der Waals surface area contributed by atoms with E-state index in [2.05, 4.69) is 5.32 Å². The highest BCUT2D eigenvalue weighted by molar-refractivity contribution is 6.29. The first kappa shape index (κ1) is 21.1. The lowest BCUT2D eigenvalue weighted by atomic mass is 10.0. The molecular weight excluding hydrogens is 374 g/mol. The molecule has 0 atom stereocenters. The molecule has 3 aromatic carbocycles. The average Bonchev–Trinajstić information content (AvgIpc) is 2.79. The van der Waals surface area contributed by atoms with Crippen LogP contribution in [0.4, 0.5) is 5.69 Å². The molecule has 0 saturated carbocycles. The summed E-state index contributed by atoms with van der Waals surface area (Å²) in [6.45, 7) is 2.46. The summed E-state index contributed by atoms with van der Waals surface area (Å²) in [5, 5.41) is 2.92. The van der Waals surface area contributed by atoms with Gasteiger partial charge in [0, 0.05) is 11.3 Å². The quantitative estimate of drug-likeness (QED) is 0.225. The van der Waals surface area contributed by atoms with Crippen LogP contribution in [-0.4, -0.2) is 18.5 Å². The van der Waals surface area contributed by atoms with Crippen LogP contribution in [0.5, 0.6) is 0 Å². The number of amides is 1. The van der Waals surface area contributed by atoms with Crippen LogP contribution in [0.3, 0.4) is 0 Å². The molecule has 1 amide bonds. The van der Waals surface area contributed by atoms with Gasteiger partial charge in [0.1, 0.15) is 0 Å². The SMILES string of the molecule is CCCCOC(=O)c1ccc(NC(=O)/C(=C/c2ccccc2)c2ccccc2)cc1. The van der Waals surface area contributed by atoms with Crippen molar-refractivity contribution in [3.8, 4) is 0 Å². The highest BCUT2D eigenvalue weighted by Crippen LogP contribution is 2.21. The molecule has 152 valence electrons. The molecule has 0 aliphatic rings. The number of hydrogen-bond donors (Lipinski definition) is 1. The molecule has 0 radical (unpaired) electrons. The molecule has 0 unspecified atom stereocenters. The molecule has 1 N–H and O–H groups in total. The third-order valence-electron chi connectivity index (χ3n) is 4.55. The molecule has 0 aromatic heterocycles. The highest BCUT2D eigenvalue weighted by atomic mass is 16.5. The number of anilines is 1. The van der Waals surface area contributed by atoms with E-state index in [9.17, 15) is 9.59 Å². The number of hydrogen-bond acceptors (Lipinski definition) is 3. The average molecular weight is 399 g/mol. The molecule has 4 heteroatoms. The summed E-state index contributed by atoms with van der Waals surface area (Å²) in [4.78, 5) is 25.1. The summed E-state index contributed by atoms with van der Waals surface area (Å²) in [5.41, 5.74) is 3.41. The summed E-state index contributed by atoms with van der Waals surface area (Å²) in [6.07, 6.45) is 3.68. The van der Waals surface area contributed by atoms with Gasteiger partial charge >= 0.3 is 5.97 Å². The van der Waals surface area contributed by atoms with Crippen LogP contribution in [0.2, 0.25) is 0 Å². The molecule has 30 heavy (non-hydrogen) atoms. The van der Waals surface area contributed by atoms with Crippen molar-refractivity contribution in [1.29, 1.82) is 0 Å². The molecule has 0 fully saturated rings. The zero-order valence-electron chi connectivity index (χ0n) is 17.0. The van der Waals surface area contributed by atoms with Crippen molar-refractivity contribution in [3.05, 3.63) is 102 Å². The third kappa shape index (κ3) is 5.92. The fourth-order valence-corrected chi connectivity index (χ4v) is 2.89. The number of rotatable bonds is 8. The maximum absolute atomic E-state index is 13.0. The van der Waals surface area contributed by atoms with Gasteiger partial charge in [0.15, 0.2) is 0 Å². The second-order valence-corrected chi connectivity index (χ2v) is 6.86. The van der Waals surface area contributed by atoms with E-state index in [1.165, 1.54) is 0 Å². The molecule has 0 heterocycles. The minimum atomic E-state index is -0.352. The smallest absolute Gasteiger partial charge is 0.338 e. The van der Waals surface area contributed by atoms with Crippen LogP contribution in [0.25, 0.3) is 11.6 Å². The van der Waals surface area contributed by atoms with Crippen molar-refractivity contribution in [2.75, 3.05) is 11.9 Å². The maximum atomic E-state index is 13.0. The van der Waals surface area contributed by atoms with Gasteiger partial charge in [0.25, 0.3) is 5.91 Å². The Hall–Kier alpha value is -3.66. The van der Waals surface area contributed by atoms with Crippen molar-refractivity contribution in [2.45, 2.75) is 19.8 Å². The standard InChI is InChI=1S/C26H25NO3/c1-2-3-18-30-26(29)22-14-16-23(17-15-22)27-25(28)24(21-12-8-5-9-13-21)19-20-10-6-4-7-11-20/h4-17,19H,2-3,18H2,1H3,(H,27,28)/b24-19+. The Balaban J connectivity index is 1.76. The van der Waals surface area contributed by atoms with Crippen LogP contribution in [0.1, 0.15) is 41.3 Å². The topological polar surface area (TPSA) is 55.4 Å². The van der Waals surface area contributed by atoms with Crippen LogP contribution < -0.4 is 5.32 Å². The van der Waals surface area contributed by atoms with Gasteiger partial charge in [-0.15, -0.1) is 0 Å². The van der Waals surface area contributed by atoms with Crippen LogP contribution in [0, 0.1) is 0 Å². The third-order valence-corrected chi connectivity index (χ3v) is 4.55. The van der Waals surface area contributed by atoms with Gasteiger partial charge in [0.05, 0.1) is 12.2 Å². The molecule has 4 nitrogen and oxygen atoms in total. The van der Waals surface area contributed by atoms with E-state index in [-0.39, 0.29) is 11.9 Å². The lowest BCUT2D eigenvalue weighted by molar-refractivity contribution is -0.111. The normalized spacial score (nSPS) is 11.0. The van der Waals surface area contributed by atoms with E-state index in [1.807, 2.05) is 73.7 Å². The van der Waals surface area contributed by atoms with Crippen molar-refractivity contribution in [2.24, 2.45) is 0 Å². The van der Waals surface area contributed by atoms with Crippen molar-refractivity contribution in [3.63, 3.8) is 0 Å². The van der Waals surface area contributed by atoms with Crippen molar-refractivity contribution < 1.29 is 14.3 Å². The second kappa shape index (κ2) is 10.8. The van der Waals surface area contributed by atoms with Crippen LogP contribution >= 0.6 is 0 Å². The zero-order valence-corrected chi connectivity index (χ0v) is 17.0. The van der Waals surface area contributed by atoms with E-state index < -0.39 is 0 Å². The molecule has 3 aromatic rings. The minimum Gasteiger partial charge on any atom is -0.462 e. The lowest BCUT2D eigenvalue weighted by Crippen LogP contribution is -2.14. The molecule has 0 aliphatic heterocycles.